The zero-order chi connectivity index (χ0) is 19.4. The smallest absolute Gasteiger partial charge is 0.263 e. The molecule has 3 rings (SSSR count). The molecule has 0 unspecified atom stereocenters. The Morgan fingerprint density at radius 3 is 2.41 bits per heavy atom. The summed E-state index contributed by atoms with van der Waals surface area (Å²) in [6.07, 6.45) is 3.22. The van der Waals surface area contributed by atoms with E-state index in [0.717, 1.165) is 44.7 Å². The van der Waals surface area contributed by atoms with E-state index < -0.39 is 21.7 Å². The van der Waals surface area contributed by atoms with E-state index in [9.17, 15) is 17.2 Å². The van der Waals surface area contributed by atoms with Crippen LogP contribution in [-0.4, -0.2) is 40.2 Å². The van der Waals surface area contributed by atoms with Gasteiger partial charge in [-0.3, -0.25) is 4.72 Å². The van der Waals surface area contributed by atoms with Crippen LogP contribution in [0.1, 0.15) is 12.8 Å². The maximum Gasteiger partial charge on any atom is 0.263 e. The van der Waals surface area contributed by atoms with Crippen molar-refractivity contribution in [1.29, 1.82) is 0 Å². The number of halogens is 2. The van der Waals surface area contributed by atoms with E-state index in [-0.39, 0.29) is 10.6 Å². The maximum absolute atomic E-state index is 13.2. The first-order valence-electron chi connectivity index (χ1n) is 8.56. The van der Waals surface area contributed by atoms with Crippen LogP contribution in [0.3, 0.4) is 0 Å². The van der Waals surface area contributed by atoms with E-state index in [2.05, 4.69) is 14.6 Å². The molecule has 2 heterocycles. The lowest BCUT2D eigenvalue weighted by Gasteiger charge is -2.32. The minimum Gasteiger partial charge on any atom is -0.384 e. The summed E-state index contributed by atoms with van der Waals surface area (Å²) < 4.78 is 58.6. The van der Waals surface area contributed by atoms with E-state index in [1.807, 2.05) is 0 Å². The van der Waals surface area contributed by atoms with Crippen LogP contribution in [0.5, 0.6) is 0 Å². The van der Waals surface area contributed by atoms with Crippen molar-refractivity contribution in [3.63, 3.8) is 0 Å². The highest BCUT2D eigenvalue weighted by Gasteiger charge is 2.21. The molecule has 2 aromatic rings. The first-order chi connectivity index (χ1) is 12.9. The molecular formula is C18H21F2N3O3S. The third-order valence-corrected chi connectivity index (χ3v) is 5.85. The number of nitrogens with zero attached hydrogens (tertiary/aromatic N) is 2. The summed E-state index contributed by atoms with van der Waals surface area (Å²) >= 11 is 0. The molecule has 1 aliphatic rings. The van der Waals surface area contributed by atoms with Gasteiger partial charge in [0.2, 0.25) is 0 Å². The number of aromatic nitrogens is 1. The van der Waals surface area contributed by atoms with Gasteiger partial charge in [-0.1, -0.05) is 0 Å². The molecule has 146 valence electrons. The Labute approximate surface area is 157 Å². The number of piperidine rings is 1. The number of ether oxygens (including phenoxy) is 1. The number of hydrogen-bond acceptors (Lipinski definition) is 5. The van der Waals surface area contributed by atoms with Crippen molar-refractivity contribution in [1.82, 2.24) is 4.98 Å². The van der Waals surface area contributed by atoms with Crippen LogP contribution in [0.4, 0.5) is 20.3 Å². The van der Waals surface area contributed by atoms with Crippen LogP contribution in [0.25, 0.3) is 0 Å². The monoisotopic (exact) mass is 397 g/mol. The second kappa shape index (κ2) is 8.18. The molecule has 0 aliphatic carbocycles. The average molecular weight is 397 g/mol. The second-order valence-electron chi connectivity index (χ2n) is 6.50. The topological polar surface area (TPSA) is 71.5 Å². The number of pyridine rings is 1. The summed E-state index contributed by atoms with van der Waals surface area (Å²) in [6, 6.07) is 5.56. The predicted octanol–water partition coefficient (Wildman–Crippen LogP) is 3.02. The zero-order valence-corrected chi connectivity index (χ0v) is 15.7. The molecular weight excluding hydrogens is 376 g/mol. The Hall–Kier alpha value is -2.26. The molecule has 1 N–H and O–H groups in total. The third-order valence-electron chi connectivity index (χ3n) is 4.49. The van der Waals surface area contributed by atoms with Gasteiger partial charge < -0.3 is 9.64 Å². The van der Waals surface area contributed by atoms with Gasteiger partial charge >= 0.3 is 0 Å². The summed E-state index contributed by atoms with van der Waals surface area (Å²) in [5, 5.41) is 0. The van der Waals surface area contributed by atoms with E-state index in [1.54, 1.807) is 13.2 Å². The van der Waals surface area contributed by atoms with E-state index >= 15 is 0 Å². The first kappa shape index (κ1) is 19.5. The Morgan fingerprint density at radius 2 is 1.85 bits per heavy atom. The molecule has 1 saturated heterocycles. The predicted molar refractivity (Wildman–Crippen MR) is 98.2 cm³/mol. The van der Waals surface area contributed by atoms with E-state index in [0.29, 0.717) is 17.8 Å². The number of nitrogens with one attached hydrogen (secondary N) is 1. The molecule has 9 heteroatoms. The highest BCUT2D eigenvalue weighted by atomic mass is 32.2. The molecule has 1 aromatic heterocycles. The number of sulfonamides is 1. The zero-order valence-electron chi connectivity index (χ0n) is 14.9. The molecule has 0 spiro atoms. The third kappa shape index (κ3) is 4.92. The second-order valence-corrected chi connectivity index (χ2v) is 8.18. The van der Waals surface area contributed by atoms with Gasteiger partial charge in [-0.2, -0.15) is 0 Å². The minimum atomic E-state index is -3.99. The summed E-state index contributed by atoms with van der Waals surface area (Å²) in [7, 11) is -2.30. The van der Waals surface area contributed by atoms with Crippen molar-refractivity contribution >= 4 is 21.5 Å². The highest BCUT2D eigenvalue weighted by Crippen LogP contribution is 2.24. The maximum atomic E-state index is 13.2. The van der Waals surface area contributed by atoms with Gasteiger partial charge in [0.05, 0.1) is 5.69 Å². The Morgan fingerprint density at radius 1 is 1.19 bits per heavy atom. The summed E-state index contributed by atoms with van der Waals surface area (Å²) in [6.45, 7) is 2.40. The fourth-order valence-electron chi connectivity index (χ4n) is 3.11. The van der Waals surface area contributed by atoms with Gasteiger partial charge in [0, 0.05) is 39.1 Å². The van der Waals surface area contributed by atoms with Gasteiger partial charge in [0.25, 0.3) is 10.0 Å². The number of hydrogen-bond donors (Lipinski definition) is 1. The number of methoxy groups -OCH3 is 1. The van der Waals surface area contributed by atoms with Crippen molar-refractivity contribution in [2.75, 3.05) is 36.4 Å². The summed E-state index contributed by atoms with van der Waals surface area (Å²) in [5.41, 5.74) is -0.184. The van der Waals surface area contributed by atoms with Gasteiger partial charge in [0.15, 0.2) is 0 Å². The quantitative estimate of drug-likeness (QED) is 0.811. The molecule has 0 bridgehead atoms. The lowest BCUT2D eigenvalue weighted by atomic mass is 9.98. The average Bonchev–Trinajstić information content (AvgIpc) is 2.61. The van der Waals surface area contributed by atoms with Gasteiger partial charge in [-0.05, 0) is 43.0 Å². The number of benzene rings is 1. The number of anilines is 2. The van der Waals surface area contributed by atoms with Crippen molar-refractivity contribution in [3.8, 4) is 0 Å². The normalized spacial score (nSPS) is 15.7. The Bertz CT molecular complexity index is 863. The summed E-state index contributed by atoms with van der Waals surface area (Å²) in [4.78, 5) is 6.26. The molecule has 0 saturated carbocycles. The van der Waals surface area contributed by atoms with Gasteiger partial charge in [0.1, 0.15) is 22.3 Å². The highest BCUT2D eigenvalue weighted by molar-refractivity contribution is 7.92. The Balaban J connectivity index is 1.69. The van der Waals surface area contributed by atoms with Crippen LogP contribution >= 0.6 is 0 Å². The van der Waals surface area contributed by atoms with E-state index in [4.69, 9.17) is 4.74 Å². The fraction of sp³-hybridized carbons (Fsp3) is 0.389. The lowest BCUT2D eigenvalue weighted by molar-refractivity contribution is 0.139. The largest absolute Gasteiger partial charge is 0.384 e. The molecule has 1 fully saturated rings. The molecule has 0 amide bonds. The Kier molecular flexibility index (Phi) is 5.91. The molecule has 0 atom stereocenters. The van der Waals surface area contributed by atoms with Crippen LogP contribution in [0.2, 0.25) is 0 Å². The lowest BCUT2D eigenvalue weighted by Crippen LogP contribution is -2.35. The summed E-state index contributed by atoms with van der Waals surface area (Å²) in [5.74, 6) is -0.500. The molecule has 0 radical (unpaired) electrons. The van der Waals surface area contributed by atoms with Crippen molar-refractivity contribution < 1.29 is 21.9 Å². The minimum absolute atomic E-state index is 0.0785. The molecule has 6 nitrogen and oxygen atoms in total. The van der Waals surface area contributed by atoms with Crippen LogP contribution < -0.4 is 9.62 Å². The van der Waals surface area contributed by atoms with Crippen LogP contribution in [-0.2, 0) is 14.8 Å². The van der Waals surface area contributed by atoms with Gasteiger partial charge in [-0.25, -0.2) is 22.2 Å². The van der Waals surface area contributed by atoms with E-state index in [1.165, 1.54) is 12.3 Å². The molecule has 27 heavy (non-hydrogen) atoms. The molecule has 1 aliphatic heterocycles. The van der Waals surface area contributed by atoms with Crippen molar-refractivity contribution in [3.05, 3.63) is 48.2 Å². The SMILES string of the molecule is COCC1CCN(c2ccc(S(=O)(=O)Nc3cc(F)cc(F)c3)cn2)CC1. The van der Waals surface area contributed by atoms with Crippen molar-refractivity contribution in [2.45, 2.75) is 17.7 Å². The standard InChI is InChI=1S/C18H21F2N3O3S/c1-26-12-13-4-6-23(7-5-13)18-3-2-17(11-21-18)27(24,25)22-16-9-14(19)8-15(20)10-16/h2-3,8-11,13,22H,4-7,12H2,1H3. The molecule has 1 aromatic carbocycles. The first-order valence-corrected chi connectivity index (χ1v) is 10.0. The fourth-order valence-corrected chi connectivity index (χ4v) is 4.09. The van der Waals surface area contributed by atoms with Crippen LogP contribution in [0.15, 0.2) is 41.4 Å². The van der Waals surface area contributed by atoms with Crippen LogP contribution in [0, 0.1) is 17.6 Å². The number of rotatable bonds is 6. The van der Waals surface area contributed by atoms with Crippen molar-refractivity contribution in [2.24, 2.45) is 5.92 Å². The van der Waals surface area contributed by atoms with Gasteiger partial charge in [-0.15, -0.1) is 0 Å².